The van der Waals surface area contributed by atoms with Gasteiger partial charge in [-0.25, -0.2) is 0 Å². The van der Waals surface area contributed by atoms with Crippen molar-refractivity contribution >= 4 is 0 Å². The second-order valence-corrected chi connectivity index (χ2v) is 6.00. The van der Waals surface area contributed by atoms with Crippen molar-refractivity contribution in [2.24, 2.45) is 0 Å². The fourth-order valence-electron chi connectivity index (χ4n) is 3.30. The van der Waals surface area contributed by atoms with Gasteiger partial charge in [-0.3, -0.25) is 0 Å². The van der Waals surface area contributed by atoms with Crippen molar-refractivity contribution in [2.45, 2.75) is 37.8 Å². The molecule has 2 nitrogen and oxygen atoms in total. The van der Waals surface area contributed by atoms with Gasteiger partial charge >= 0.3 is 0 Å². The van der Waals surface area contributed by atoms with Gasteiger partial charge in [0.25, 0.3) is 0 Å². The molecule has 1 aliphatic rings. The van der Waals surface area contributed by atoms with Gasteiger partial charge in [-0.2, -0.15) is 0 Å². The van der Waals surface area contributed by atoms with Crippen molar-refractivity contribution in [3.8, 4) is 0 Å². The molecule has 21 heavy (non-hydrogen) atoms. The van der Waals surface area contributed by atoms with Crippen molar-refractivity contribution in [3.05, 3.63) is 71.3 Å². The Kier molecular flexibility index (Phi) is 4.37. The summed E-state index contributed by atoms with van der Waals surface area (Å²) in [5, 5.41) is 14.2. The molecule has 2 heteroatoms. The van der Waals surface area contributed by atoms with E-state index in [1.165, 1.54) is 16.7 Å². The Morgan fingerprint density at radius 1 is 1.10 bits per heavy atom. The molecule has 3 rings (SSSR count). The molecule has 3 unspecified atom stereocenters. The number of hydrogen-bond donors (Lipinski definition) is 2. The van der Waals surface area contributed by atoms with Crippen molar-refractivity contribution in [2.75, 3.05) is 6.54 Å². The number of rotatable bonds is 4. The quantitative estimate of drug-likeness (QED) is 0.900. The van der Waals surface area contributed by atoms with Crippen LogP contribution in [0.4, 0.5) is 0 Å². The van der Waals surface area contributed by atoms with Crippen LogP contribution in [0.5, 0.6) is 0 Å². The number of benzene rings is 2. The van der Waals surface area contributed by atoms with Crippen molar-refractivity contribution < 1.29 is 5.11 Å². The first-order chi connectivity index (χ1) is 10.3. The topological polar surface area (TPSA) is 32.3 Å². The summed E-state index contributed by atoms with van der Waals surface area (Å²) < 4.78 is 0. The lowest BCUT2D eigenvalue weighted by Gasteiger charge is -2.32. The lowest BCUT2D eigenvalue weighted by molar-refractivity contribution is 0.109. The summed E-state index contributed by atoms with van der Waals surface area (Å²) in [4.78, 5) is 0. The van der Waals surface area contributed by atoms with E-state index in [9.17, 15) is 5.11 Å². The molecule has 2 aromatic carbocycles. The van der Waals surface area contributed by atoms with E-state index in [1.54, 1.807) is 0 Å². The smallest absolute Gasteiger partial charge is 0.0740 e. The molecule has 0 spiro atoms. The van der Waals surface area contributed by atoms with Gasteiger partial charge in [0.2, 0.25) is 0 Å². The SMILES string of the molecule is CC(CC(O)C1NCCc2ccccc21)c1ccccc1. The minimum absolute atomic E-state index is 0.0566. The average molecular weight is 281 g/mol. The largest absolute Gasteiger partial charge is 0.391 e. The van der Waals surface area contributed by atoms with Gasteiger partial charge in [-0.1, -0.05) is 61.5 Å². The van der Waals surface area contributed by atoms with Crippen LogP contribution in [0.25, 0.3) is 0 Å². The standard InChI is InChI=1S/C19H23NO/c1-14(15-7-3-2-4-8-15)13-18(21)19-17-10-6-5-9-16(17)11-12-20-19/h2-10,14,18-21H,11-13H2,1H3. The average Bonchev–Trinajstić information content (AvgIpc) is 2.55. The van der Waals surface area contributed by atoms with Crippen molar-refractivity contribution in [1.29, 1.82) is 0 Å². The van der Waals surface area contributed by atoms with Crippen LogP contribution in [-0.4, -0.2) is 17.8 Å². The van der Waals surface area contributed by atoms with Gasteiger partial charge in [-0.15, -0.1) is 0 Å². The molecule has 0 bridgehead atoms. The molecule has 0 aliphatic carbocycles. The molecule has 1 heterocycles. The van der Waals surface area contributed by atoms with Crippen LogP contribution in [-0.2, 0) is 6.42 Å². The Bertz CT molecular complexity index is 581. The van der Waals surface area contributed by atoms with Gasteiger partial charge in [0.05, 0.1) is 12.1 Å². The summed E-state index contributed by atoms with van der Waals surface area (Å²) in [5.74, 6) is 0.358. The monoisotopic (exact) mass is 281 g/mol. The second-order valence-electron chi connectivity index (χ2n) is 6.00. The number of hydrogen-bond acceptors (Lipinski definition) is 2. The van der Waals surface area contributed by atoms with E-state index in [0.29, 0.717) is 5.92 Å². The molecule has 0 radical (unpaired) electrons. The maximum Gasteiger partial charge on any atom is 0.0740 e. The third kappa shape index (κ3) is 3.17. The highest BCUT2D eigenvalue weighted by Gasteiger charge is 2.27. The lowest BCUT2D eigenvalue weighted by atomic mass is 9.86. The zero-order chi connectivity index (χ0) is 14.7. The maximum atomic E-state index is 10.7. The van der Waals surface area contributed by atoms with Crippen LogP contribution in [0.15, 0.2) is 54.6 Å². The Morgan fingerprint density at radius 3 is 2.62 bits per heavy atom. The summed E-state index contributed by atoms with van der Waals surface area (Å²) in [6, 6.07) is 19.0. The molecule has 3 atom stereocenters. The first kappa shape index (κ1) is 14.3. The minimum atomic E-state index is -0.360. The number of fused-ring (bicyclic) bond motifs is 1. The highest BCUT2D eigenvalue weighted by molar-refractivity contribution is 5.33. The zero-order valence-corrected chi connectivity index (χ0v) is 12.5. The number of aliphatic hydroxyl groups excluding tert-OH is 1. The van der Waals surface area contributed by atoms with E-state index >= 15 is 0 Å². The first-order valence-electron chi connectivity index (χ1n) is 7.80. The highest BCUT2D eigenvalue weighted by atomic mass is 16.3. The van der Waals surface area contributed by atoms with Crippen LogP contribution in [0.3, 0.4) is 0 Å². The Hall–Kier alpha value is -1.64. The Labute approximate surface area is 126 Å². The van der Waals surface area contributed by atoms with Gasteiger partial charge in [0.15, 0.2) is 0 Å². The van der Waals surface area contributed by atoms with E-state index in [4.69, 9.17) is 0 Å². The van der Waals surface area contributed by atoms with E-state index in [0.717, 1.165) is 19.4 Å². The van der Waals surface area contributed by atoms with E-state index < -0.39 is 0 Å². The number of aliphatic hydroxyl groups is 1. The van der Waals surface area contributed by atoms with Gasteiger partial charge in [-0.05, 0) is 42.0 Å². The molecule has 2 aromatic rings. The summed E-state index contributed by atoms with van der Waals surface area (Å²) >= 11 is 0. The van der Waals surface area contributed by atoms with Crippen LogP contribution in [0, 0.1) is 0 Å². The third-order valence-electron chi connectivity index (χ3n) is 4.50. The van der Waals surface area contributed by atoms with E-state index in [-0.39, 0.29) is 12.1 Å². The molecule has 1 aliphatic heterocycles. The molecular formula is C19H23NO. The molecule has 2 N–H and O–H groups in total. The van der Waals surface area contributed by atoms with Crippen molar-refractivity contribution in [3.63, 3.8) is 0 Å². The van der Waals surface area contributed by atoms with E-state index in [2.05, 4.69) is 60.8 Å². The Balaban J connectivity index is 1.73. The summed E-state index contributed by atoms with van der Waals surface area (Å²) in [5.41, 5.74) is 3.92. The van der Waals surface area contributed by atoms with Crippen LogP contribution in [0.1, 0.15) is 42.0 Å². The van der Waals surface area contributed by atoms with E-state index in [1.807, 2.05) is 6.07 Å². The lowest BCUT2D eigenvalue weighted by Crippen LogP contribution is -2.38. The zero-order valence-electron chi connectivity index (χ0n) is 12.5. The molecule has 0 amide bonds. The third-order valence-corrected chi connectivity index (χ3v) is 4.50. The number of nitrogens with one attached hydrogen (secondary N) is 1. The fourth-order valence-corrected chi connectivity index (χ4v) is 3.30. The summed E-state index contributed by atoms with van der Waals surface area (Å²) in [7, 11) is 0. The summed E-state index contributed by atoms with van der Waals surface area (Å²) in [6.45, 7) is 3.13. The Morgan fingerprint density at radius 2 is 1.81 bits per heavy atom. The molecule has 0 aromatic heterocycles. The fraction of sp³-hybridized carbons (Fsp3) is 0.368. The highest BCUT2D eigenvalue weighted by Crippen LogP contribution is 2.30. The predicted molar refractivity (Wildman–Crippen MR) is 86.4 cm³/mol. The van der Waals surface area contributed by atoms with Gasteiger partial charge in [0, 0.05) is 0 Å². The van der Waals surface area contributed by atoms with Crippen LogP contribution < -0.4 is 5.32 Å². The summed E-state index contributed by atoms with van der Waals surface area (Å²) in [6.07, 6.45) is 1.46. The normalized spacial score (nSPS) is 20.6. The first-order valence-corrected chi connectivity index (χ1v) is 7.80. The van der Waals surface area contributed by atoms with Gasteiger partial charge in [0.1, 0.15) is 0 Å². The molecule has 0 saturated heterocycles. The van der Waals surface area contributed by atoms with Gasteiger partial charge < -0.3 is 10.4 Å². The minimum Gasteiger partial charge on any atom is -0.391 e. The molecule has 0 fully saturated rings. The predicted octanol–water partition coefficient (Wildman–Crippen LogP) is 3.43. The maximum absolute atomic E-state index is 10.7. The second kappa shape index (κ2) is 6.42. The van der Waals surface area contributed by atoms with Crippen molar-refractivity contribution in [1.82, 2.24) is 5.32 Å². The molecule has 110 valence electrons. The van der Waals surface area contributed by atoms with Crippen LogP contribution in [0.2, 0.25) is 0 Å². The molecule has 0 saturated carbocycles. The van der Waals surface area contributed by atoms with Crippen LogP contribution >= 0.6 is 0 Å². The molecular weight excluding hydrogens is 258 g/mol.